The highest BCUT2D eigenvalue weighted by Crippen LogP contribution is 2.29. The maximum absolute atomic E-state index is 9.18. The molecular formula is C13H20N4O. The van der Waals surface area contributed by atoms with Crippen LogP contribution in [-0.2, 0) is 11.3 Å². The lowest BCUT2D eigenvalue weighted by Gasteiger charge is -2.30. The number of morpholine rings is 1. The van der Waals surface area contributed by atoms with Crippen LogP contribution in [-0.4, -0.2) is 30.9 Å². The first-order valence-electron chi connectivity index (χ1n) is 6.49. The standard InChI is InChI=1S/C13H20N4O/c1-2-3-4-17-11(10-14)9-12(15)13(17)16-5-7-18-8-6-16/h9H,2-8,15H2,1H3. The lowest BCUT2D eigenvalue weighted by atomic mass is 10.3. The highest BCUT2D eigenvalue weighted by atomic mass is 16.5. The summed E-state index contributed by atoms with van der Waals surface area (Å²) in [7, 11) is 0. The van der Waals surface area contributed by atoms with Crippen LogP contribution in [0.25, 0.3) is 0 Å². The smallest absolute Gasteiger partial charge is 0.133 e. The van der Waals surface area contributed by atoms with Crippen molar-refractivity contribution in [3.8, 4) is 6.07 Å². The Kier molecular flexibility index (Phi) is 4.11. The molecule has 1 aliphatic heterocycles. The molecule has 0 spiro atoms. The molecule has 0 atom stereocenters. The zero-order valence-corrected chi connectivity index (χ0v) is 10.9. The molecule has 98 valence electrons. The van der Waals surface area contributed by atoms with Crippen LogP contribution in [0.15, 0.2) is 6.07 Å². The molecule has 18 heavy (non-hydrogen) atoms. The van der Waals surface area contributed by atoms with Crippen LogP contribution in [0.5, 0.6) is 0 Å². The van der Waals surface area contributed by atoms with Crippen molar-refractivity contribution in [2.45, 2.75) is 26.3 Å². The highest BCUT2D eigenvalue weighted by molar-refractivity contribution is 5.68. The number of nitriles is 1. The Hall–Kier alpha value is -1.67. The second-order valence-electron chi connectivity index (χ2n) is 4.52. The predicted octanol–water partition coefficient (Wildman–Crippen LogP) is 1.58. The minimum Gasteiger partial charge on any atom is -0.396 e. The molecule has 2 N–H and O–H groups in total. The molecule has 1 aliphatic rings. The molecule has 5 heteroatoms. The molecule has 2 rings (SSSR count). The molecule has 0 saturated carbocycles. The van der Waals surface area contributed by atoms with E-state index in [1.807, 2.05) is 4.57 Å². The minimum atomic E-state index is 0.655. The number of hydrogen-bond acceptors (Lipinski definition) is 4. The Labute approximate surface area is 108 Å². The maximum atomic E-state index is 9.18. The normalized spacial score (nSPS) is 15.7. The number of nitrogens with zero attached hydrogens (tertiary/aromatic N) is 3. The van der Waals surface area contributed by atoms with Gasteiger partial charge >= 0.3 is 0 Å². The van der Waals surface area contributed by atoms with Crippen molar-refractivity contribution in [1.29, 1.82) is 5.26 Å². The number of ether oxygens (including phenoxy) is 1. The van der Waals surface area contributed by atoms with E-state index >= 15 is 0 Å². The van der Waals surface area contributed by atoms with E-state index in [4.69, 9.17) is 10.5 Å². The number of aromatic nitrogens is 1. The van der Waals surface area contributed by atoms with Crippen molar-refractivity contribution in [3.63, 3.8) is 0 Å². The van der Waals surface area contributed by atoms with Crippen molar-refractivity contribution >= 4 is 11.5 Å². The topological polar surface area (TPSA) is 67.2 Å². The van der Waals surface area contributed by atoms with Gasteiger partial charge < -0.3 is 19.9 Å². The summed E-state index contributed by atoms with van der Waals surface area (Å²) in [4.78, 5) is 2.22. The number of nitrogen functional groups attached to an aromatic ring is 1. The zero-order chi connectivity index (χ0) is 13.0. The average Bonchev–Trinajstić information content (AvgIpc) is 2.73. The Balaban J connectivity index is 2.31. The Morgan fingerprint density at radius 3 is 2.78 bits per heavy atom. The maximum Gasteiger partial charge on any atom is 0.133 e. The number of anilines is 2. The van der Waals surface area contributed by atoms with E-state index < -0.39 is 0 Å². The van der Waals surface area contributed by atoms with Crippen molar-refractivity contribution in [3.05, 3.63) is 11.8 Å². The number of hydrogen-bond donors (Lipinski definition) is 1. The first-order chi connectivity index (χ1) is 8.77. The SMILES string of the molecule is CCCCn1c(C#N)cc(N)c1N1CCOCC1. The molecule has 0 aromatic carbocycles. The van der Waals surface area contributed by atoms with Crippen LogP contribution < -0.4 is 10.6 Å². The summed E-state index contributed by atoms with van der Waals surface area (Å²) >= 11 is 0. The van der Waals surface area contributed by atoms with Gasteiger partial charge in [-0.15, -0.1) is 0 Å². The van der Waals surface area contributed by atoms with Gasteiger partial charge in [-0.2, -0.15) is 5.26 Å². The predicted molar refractivity (Wildman–Crippen MR) is 71.5 cm³/mol. The van der Waals surface area contributed by atoms with Gasteiger partial charge in [0, 0.05) is 19.6 Å². The fourth-order valence-electron chi connectivity index (χ4n) is 2.32. The second kappa shape index (κ2) is 5.78. The largest absolute Gasteiger partial charge is 0.396 e. The van der Waals surface area contributed by atoms with E-state index in [0.29, 0.717) is 11.4 Å². The number of nitrogens with two attached hydrogens (primary N) is 1. The summed E-state index contributed by atoms with van der Waals surface area (Å²) < 4.78 is 7.40. The third kappa shape index (κ3) is 2.44. The van der Waals surface area contributed by atoms with E-state index in [2.05, 4.69) is 17.9 Å². The van der Waals surface area contributed by atoms with Crippen molar-refractivity contribution in [2.24, 2.45) is 0 Å². The number of rotatable bonds is 4. The first kappa shape index (κ1) is 12.8. The summed E-state index contributed by atoms with van der Waals surface area (Å²) in [5.41, 5.74) is 7.42. The molecule has 1 saturated heterocycles. The van der Waals surface area contributed by atoms with Crippen LogP contribution in [0.1, 0.15) is 25.5 Å². The summed E-state index contributed by atoms with van der Waals surface area (Å²) in [5, 5.41) is 9.18. The van der Waals surface area contributed by atoms with Gasteiger partial charge in [0.2, 0.25) is 0 Å². The Morgan fingerprint density at radius 2 is 2.17 bits per heavy atom. The first-order valence-corrected chi connectivity index (χ1v) is 6.49. The second-order valence-corrected chi connectivity index (χ2v) is 4.52. The molecule has 2 heterocycles. The van der Waals surface area contributed by atoms with Gasteiger partial charge in [-0.1, -0.05) is 13.3 Å². The van der Waals surface area contributed by atoms with Gasteiger partial charge in [0.05, 0.1) is 18.9 Å². The van der Waals surface area contributed by atoms with Crippen molar-refractivity contribution in [1.82, 2.24) is 4.57 Å². The summed E-state index contributed by atoms with van der Waals surface area (Å²) in [6.45, 7) is 6.12. The van der Waals surface area contributed by atoms with Crippen LogP contribution in [0.2, 0.25) is 0 Å². The minimum absolute atomic E-state index is 0.655. The van der Waals surface area contributed by atoms with Gasteiger partial charge in [0.25, 0.3) is 0 Å². The van der Waals surface area contributed by atoms with Gasteiger partial charge in [-0.05, 0) is 12.5 Å². The van der Waals surface area contributed by atoms with Gasteiger partial charge in [-0.3, -0.25) is 0 Å². The van der Waals surface area contributed by atoms with E-state index in [0.717, 1.165) is 51.5 Å². The quantitative estimate of drug-likeness (QED) is 0.878. The molecule has 0 radical (unpaired) electrons. The fraction of sp³-hybridized carbons (Fsp3) is 0.615. The third-order valence-corrected chi connectivity index (χ3v) is 3.26. The fourth-order valence-corrected chi connectivity index (χ4v) is 2.32. The van der Waals surface area contributed by atoms with Crippen LogP contribution >= 0.6 is 0 Å². The van der Waals surface area contributed by atoms with Crippen LogP contribution in [0.4, 0.5) is 11.5 Å². The Morgan fingerprint density at radius 1 is 1.44 bits per heavy atom. The van der Waals surface area contributed by atoms with E-state index in [9.17, 15) is 5.26 Å². The zero-order valence-electron chi connectivity index (χ0n) is 10.9. The van der Waals surface area contributed by atoms with Gasteiger partial charge in [-0.25, -0.2) is 0 Å². The lowest BCUT2D eigenvalue weighted by molar-refractivity contribution is 0.122. The van der Waals surface area contributed by atoms with Crippen LogP contribution in [0, 0.1) is 11.3 Å². The highest BCUT2D eigenvalue weighted by Gasteiger charge is 2.20. The van der Waals surface area contributed by atoms with Gasteiger partial charge in [0.1, 0.15) is 17.6 Å². The van der Waals surface area contributed by atoms with Gasteiger partial charge in [0.15, 0.2) is 0 Å². The number of unbranched alkanes of at least 4 members (excludes halogenated alkanes) is 1. The van der Waals surface area contributed by atoms with E-state index in [1.54, 1.807) is 6.07 Å². The monoisotopic (exact) mass is 248 g/mol. The molecule has 1 aromatic rings. The molecule has 0 amide bonds. The Bertz CT molecular complexity index is 441. The molecule has 0 bridgehead atoms. The lowest BCUT2D eigenvalue weighted by Crippen LogP contribution is -2.38. The average molecular weight is 248 g/mol. The molecule has 1 fully saturated rings. The van der Waals surface area contributed by atoms with Crippen molar-refractivity contribution < 1.29 is 4.74 Å². The third-order valence-electron chi connectivity index (χ3n) is 3.26. The molecular weight excluding hydrogens is 228 g/mol. The van der Waals surface area contributed by atoms with E-state index in [1.165, 1.54) is 0 Å². The van der Waals surface area contributed by atoms with Crippen molar-refractivity contribution in [2.75, 3.05) is 36.9 Å². The molecule has 1 aromatic heterocycles. The molecule has 5 nitrogen and oxygen atoms in total. The summed E-state index contributed by atoms with van der Waals surface area (Å²) in [6.07, 6.45) is 2.16. The van der Waals surface area contributed by atoms with E-state index in [-0.39, 0.29) is 0 Å². The van der Waals surface area contributed by atoms with Crippen LogP contribution in [0.3, 0.4) is 0 Å². The summed E-state index contributed by atoms with van der Waals surface area (Å²) in [6, 6.07) is 4.01. The summed E-state index contributed by atoms with van der Waals surface area (Å²) in [5.74, 6) is 0.989. The molecule has 0 aliphatic carbocycles. The molecule has 0 unspecified atom stereocenters.